The molecule has 0 aliphatic carbocycles. The second-order valence-electron chi connectivity index (χ2n) is 7.06. The standard InChI is InChI=1S/C24H23N3O3S/c1-29-20-11-12-22(28)21(15-20)23-25-26-24(31)27(23)14-13-17-7-9-19(10-8-17)30-16-18-5-3-2-4-6-18/h2-12,15,28H,13-14,16H2,1H3,(H,26,31). The first-order chi connectivity index (χ1) is 15.1. The Kier molecular flexibility index (Phi) is 6.33. The Morgan fingerprint density at radius 2 is 1.71 bits per heavy atom. The quantitative estimate of drug-likeness (QED) is 0.376. The maximum Gasteiger partial charge on any atom is 0.195 e. The van der Waals surface area contributed by atoms with E-state index in [9.17, 15) is 5.11 Å². The van der Waals surface area contributed by atoms with Gasteiger partial charge in [-0.25, -0.2) is 0 Å². The van der Waals surface area contributed by atoms with Gasteiger partial charge in [0.2, 0.25) is 0 Å². The molecule has 0 saturated carbocycles. The van der Waals surface area contributed by atoms with Gasteiger partial charge in [-0.15, -0.1) is 0 Å². The van der Waals surface area contributed by atoms with Crippen LogP contribution in [-0.4, -0.2) is 27.0 Å². The Labute approximate surface area is 185 Å². The summed E-state index contributed by atoms with van der Waals surface area (Å²) in [6.07, 6.45) is 0.754. The maximum absolute atomic E-state index is 10.3. The Bertz CT molecular complexity index is 1200. The molecule has 4 rings (SSSR count). The topological polar surface area (TPSA) is 72.3 Å². The first-order valence-corrected chi connectivity index (χ1v) is 10.3. The van der Waals surface area contributed by atoms with Gasteiger partial charge >= 0.3 is 0 Å². The molecular formula is C24H23N3O3S. The molecule has 0 bridgehead atoms. The predicted octanol–water partition coefficient (Wildman–Crippen LogP) is 5.14. The van der Waals surface area contributed by atoms with Gasteiger partial charge in [-0.3, -0.25) is 9.67 Å². The van der Waals surface area contributed by atoms with Crippen LogP contribution < -0.4 is 9.47 Å². The lowest BCUT2D eigenvalue weighted by Gasteiger charge is -2.10. The molecule has 0 fully saturated rings. The molecule has 158 valence electrons. The molecular weight excluding hydrogens is 410 g/mol. The number of methoxy groups -OCH3 is 1. The number of benzene rings is 3. The Hall–Kier alpha value is -3.58. The minimum Gasteiger partial charge on any atom is -0.507 e. The van der Waals surface area contributed by atoms with Crippen molar-refractivity contribution in [3.05, 3.63) is 88.7 Å². The van der Waals surface area contributed by atoms with E-state index in [1.54, 1.807) is 25.3 Å². The fourth-order valence-corrected chi connectivity index (χ4v) is 3.51. The monoisotopic (exact) mass is 433 g/mol. The number of hydrogen-bond acceptors (Lipinski definition) is 5. The largest absolute Gasteiger partial charge is 0.507 e. The zero-order valence-electron chi connectivity index (χ0n) is 17.1. The highest BCUT2D eigenvalue weighted by atomic mass is 32.1. The first kappa shape index (κ1) is 20.7. The minimum atomic E-state index is 0.121. The molecule has 0 aliphatic heterocycles. The number of rotatable bonds is 8. The van der Waals surface area contributed by atoms with Gasteiger partial charge in [0.1, 0.15) is 23.9 Å². The summed E-state index contributed by atoms with van der Waals surface area (Å²) < 4.78 is 13.5. The van der Waals surface area contributed by atoms with E-state index in [-0.39, 0.29) is 5.75 Å². The van der Waals surface area contributed by atoms with E-state index in [0.29, 0.717) is 35.1 Å². The molecule has 4 aromatic rings. The van der Waals surface area contributed by atoms with Gasteiger partial charge in [0, 0.05) is 6.54 Å². The third-order valence-corrected chi connectivity index (χ3v) is 5.31. The van der Waals surface area contributed by atoms with Crippen LogP contribution in [0.25, 0.3) is 11.4 Å². The highest BCUT2D eigenvalue weighted by Gasteiger charge is 2.14. The van der Waals surface area contributed by atoms with Gasteiger partial charge in [-0.05, 0) is 60.1 Å². The lowest BCUT2D eigenvalue weighted by Crippen LogP contribution is -2.04. The van der Waals surface area contributed by atoms with Gasteiger partial charge in [-0.2, -0.15) is 5.10 Å². The average Bonchev–Trinajstić information content (AvgIpc) is 3.18. The van der Waals surface area contributed by atoms with Crippen molar-refractivity contribution in [2.45, 2.75) is 19.6 Å². The van der Waals surface area contributed by atoms with Crippen molar-refractivity contribution in [3.63, 3.8) is 0 Å². The van der Waals surface area contributed by atoms with Crippen LogP contribution in [-0.2, 0) is 19.6 Å². The van der Waals surface area contributed by atoms with E-state index in [1.807, 2.05) is 59.2 Å². The van der Waals surface area contributed by atoms with E-state index in [0.717, 1.165) is 23.3 Å². The molecule has 0 radical (unpaired) electrons. The molecule has 7 heteroatoms. The van der Waals surface area contributed by atoms with Crippen LogP contribution in [0, 0.1) is 4.77 Å². The second kappa shape index (κ2) is 9.49. The third kappa shape index (κ3) is 4.95. The number of nitrogens with zero attached hydrogens (tertiary/aromatic N) is 2. The maximum atomic E-state index is 10.3. The Morgan fingerprint density at radius 1 is 0.968 bits per heavy atom. The SMILES string of the molecule is COc1ccc(O)c(-c2n[nH]c(=S)n2CCc2ccc(OCc3ccccc3)cc2)c1. The van der Waals surface area contributed by atoms with Gasteiger partial charge in [0.05, 0.1) is 12.7 Å². The van der Waals surface area contributed by atoms with Gasteiger partial charge in [0.25, 0.3) is 0 Å². The number of aromatic amines is 1. The summed E-state index contributed by atoms with van der Waals surface area (Å²) in [5.74, 6) is 2.16. The molecule has 0 spiro atoms. The van der Waals surface area contributed by atoms with E-state index in [1.165, 1.54) is 0 Å². The summed E-state index contributed by atoms with van der Waals surface area (Å²) in [5, 5.41) is 17.4. The molecule has 6 nitrogen and oxygen atoms in total. The number of phenols is 1. The van der Waals surface area contributed by atoms with Crippen LogP contribution in [0.2, 0.25) is 0 Å². The molecule has 0 amide bonds. The highest BCUT2D eigenvalue weighted by molar-refractivity contribution is 7.71. The van der Waals surface area contributed by atoms with Crippen LogP contribution in [0.4, 0.5) is 0 Å². The zero-order chi connectivity index (χ0) is 21.6. The Morgan fingerprint density at radius 3 is 2.45 bits per heavy atom. The Balaban J connectivity index is 1.44. The lowest BCUT2D eigenvalue weighted by atomic mass is 10.1. The smallest absolute Gasteiger partial charge is 0.195 e. The van der Waals surface area contributed by atoms with Crippen LogP contribution >= 0.6 is 12.2 Å². The molecule has 0 aliphatic rings. The number of aryl methyl sites for hydroxylation is 1. The van der Waals surface area contributed by atoms with Crippen LogP contribution in [0.1, 0.15) is 11.1 Å². The number of H-pyrrole nitrogens is 1. The van der Waals surface area contributed by atoms with Crippen LogP contribution in [0.5, 0.6) is 17.2 Å². The van der Waals surface area contributed by atoms with Crippen molar-refractivity contribution in [3.8, 4) is 28.6 Å². The molecule has 0 atom stereocenters. The third-order valence-electron chi connectivity index (χ3n) is 5.00. The second-order valence-corrected chi connectivity index (χ2v) is 7.44. The van der Waals surface area contributed by atoms with Crippen molar-refractivity contribution in [2.75, 3.05) is 7.11 Å². The number of ether oxygens (including phenoxy) is 2. The number of aromatic hydroxyl groups is 1. The summed E-state index contributed by atoms with van der Waals surface area (Å²) in [4.78, 5) is 0. The van der Waals surface area contributed by atoms with Crippen molar-refractivity contribution in [1.29, 1.82) is 0 Å². The predicted molar refractivity (Wildman–Crippen MR) is 122 cm³/mol. The number of nitrogens with one attached hydrogen (secondary N) is 1. The summed E-state index contributed by atoms with van der Waals surface area (Å²) in [6.45, 7) is 1.16. The molecule has 31 heavy (non-hydrogen) atoms. The lowest BCUT2D eigenvalue weighted by molar-refractivity contribution is 0.306. The van der Waals surface area contributed by atoms with Crippen molar-refractivity contribution >= 4 is 12.2 Å². The van der Waals surface area contributed by atoms with Gasteiger partial charge in [0.15, 0.2) is 10.6 Å². The minimum absolute atomic E-state index is 0.121. The average molecular weight is 434 g/mol. The van der Waals surface area contributed by atoms with Crippen molar-refractivity contribution in [1.82, 2.24) is 14.8 Å². The van der Waals surface area contributed by atoms with E-state index >= 15 is 0 Å². The summed E-state index contributed by atoms with van der Waals surface area (Å²) in [7, 11) is 1.58. The molecule has 1 aromatic heterocycles. The van der Waals surface area contributed by atoms with Crippen molar-refractivity contribution in [2.24, 2.45) is 0 Å². The fourth-order valence-electron chi connectivity index (χ4n) is 3.29. The number of phenolic OH excluding ortho intramolecular Hbond substituents is 1. The van der Waals surface area contributed by atoms with Gasteiger partial charge < -0.3 is 14.6 Å². The number of hydrogen-bond donors (Lipinski definition) is 2. The fraction of sp³-hybridized carbons (Fsp3) is 0.167. The van der Waals surface area contributed by atoms with E-state index < -0.39 is 0 Å². The van der Waals surface area contributed by atoms with E-state index in [2.05, 4.69) is 10.2 Å². The zero-order valence-corrected chi connectivity index (χ0v) is 17.9. The first-order valence-electron chi connectivity index (χ1n) is 9.92. The summed E-state index contributed by atoms with van der Waals surface area (Å²) in [6, 6.07) is 23.2. The van der Waals surface area contributed by atoms with Crippen molar-refractivity contribution < 1.29 is 14.6 Å². The molecule has 2 N–H and O–H groups in total. The molecule has 0 unspecified atom stereocenters. The molecule has 1 heterocycles. The number of aromatic nitrogens is 3. The highest BCUT2D eigenvalue weighted by Crippen LogP contribution is 2.31. The molecule has 0 saturated heterocycles. The van der Waals surface area contributed by atoms with Crippen LogP contribution in [0.3, 0.4) is 0 Å². The normalized spacial score (nSPS) is 10.7. The summed E-state index contributed by atoms with van der Waals surface area (Å²) in [5.41, 5.74) is 2.85. The molecule has 3 aromatic carbocycles. The van der Waals surface area contributed by atoms with Crippen LogP contribution in [0.15, 0.2) is 72.8 Å². The van der Waals surface area contributed by atoms with E-state index in [4.69, 9.17) is 21.7 Å². The summed E-state index contributed by atoms with van der Waals surface area (Å²) >= 11 is 5.41. The van der Waals surface area contributed by atoms with Gasteiger partial charge in [-0.1, -0.05) is 42.5 Å².